The maximum atomic E-state index is 9.10. The molecule has 0 aromatic heterocycles. The van der Waals surface area contributed by atoms with Crippen molar-refractivity contribution in [2.75, 3.05) is 14.2 Å². The number of ether oxygens (including phenoxy) is 2. The lowest BCUT2D eigenvalue weighted by Gasteiger charge is -2.07. The molecule has 0 unspecified atom stereocenters. The molecule has 0 aliphatic carbocycles. The molecule has 0 radical (unpaired) electrons. The fraction of sp³-hybridized carbons (Fsp3) is 0.333. The number of rotatable bonds is 4. The first-order chi connectivity index (χ1) is 7.17. The summed E-state index contributed by atoms with van der Waals surface area (Å²) >= 11 is 0. The van der Waals surface area contributed by atoms with Gasteiger partial charge in [0.25, 0.3) is 0 Å². The molecular weight excluding hydrogens is 192 g/mol. The first-order valence-electron chi connectivity index (χ1n) is 4.75. The number of hydrogen-bond acceptors (Lipinski definition) is 3. The zero-order valence-electron chi connectivity index (χ0n) is 9.23. The van der Waals surface area contributed by atoms with E-state index in [0.717, 1.165) is 5.56 Å². The highest BCUT2D eigenvalue weighted by Crippen LogP contribution is 2.27. The van der Waals surface area contributed by atoms with Crippen LogP contribution in [0.25, 0.3) is 6.08 Å². The van der Waals surface area contributed by atoms with E-state index in [-0.39, 0.29) is 0 Å². The van der Waals surface area contributed by atoms with E-state index in [1.54, 1.807) is 27.2 Å². The van der Waals surface area contributed by atoms with E-state index in [9.17, 15) is 0 Å². The van der Waals surface area contributed by atoms with Crippen LogP contribution in [0.15, 0.2) is 24.3 Å². The van der Waals surface area contributed by atoms with E-state index in [1.807, 2.05) is 24.3 Å². The van der Waals surface area contributed by atoms with Gasteiger partial charge in [0.15, 0.2) is 11.5 Å². The molecule has 0 fully saturated rings. The normalized spacial score (nSPS) is 12.8. The predicted octanol–water partition coefficient (Wildman–Crippen LogP) is 2.10. The second-order valence-electron chi connectivity index (χ2n) is 3.21. The SMILES string of the molecule is COc1ccc(/C=C/[C@H](C)O)cc1OC. The van der Waals surface area contributed by atoms with Crippen molar-refractivity contribution in [2.45, 2.75) is 13.0 Å². The molecule has 0 saturated carbocycles. The summed E-state index contributed by atoms with van der Waals surface area (Å²) in [7, 11) is 3.20. The molecule has 1 aromatic carbocycles. The van der Waals surface area contributed by atoms with Gasteiger partial charge in [-0.1, -0.05) is 18.2 Å². The Kier molecular flexibility index (Phi) is 4.18. The van der Waals surface area contributed by atoms with Gasteiger partial charge in [-0.15, -0.1) is 0 Å². The van der Waals surface area contributed by atoms with E-state index in [4.69, 9.17) is 14.6 Å². The third-order valence-corrected chi connectivity index (χ3v) is 1.97. The highest BCUT2D eigenvalue weighted by molar-refractivity contribution is 5.56. The molecule has 1 atom stereocenters. The third kappa shape index (κ3) is 3.29. The summed E-state index contributed by atoms with van der Waals surface area (Å²) in [5.74, 6) is 1.39. The van der Waals surface area contributed by atoms with Crippen molar-refractivity contribution in [3.8, 4) is 11.5 Å². The molecule has 1 rings (SSSR count). The number of hydrogen-bond donors (Lipinski definition) is 1. The van der Waals surface area contributed by atoms with Gasteiger partial charge in [0.1, 0.15) is 0 Å². The lowest BCUT2D eigenvalue weighted by Crippen LogP contribution is -1.92. The van der Waals surface area contributed by atoms with Crippen LogP contribution >= 0.6 is 0 Å². The van der Waals surface area contributed by atoms with Crippen LogP contribution in [0.3, 0.4) is 0 Å². The molecule has 0 aliphatic rings. The molecule has 15 heavy (non-hydrogen) atoms. The predicted molar refractivity (Wildman–Crippen MR) is 60.3 cm³/mol. The molecule has 3 nitrogen and oxygen atoms in total. The van der Waals surface area contributed by atoms with Crippen molar-refractivity contribution in [2.24, 2.45) is 0 Å². The second kappa shape index (κ2) is 5.41. The average Bonchev–Trinajstić information content (AvgIpc) is 2.25. The lowest BCUT2D eigenvalue weighted by atomic mass is 10.1. The topological polar surface area (TPSA) is 38.7 Å². The van der Waals surface area contributed by atoms with Gasteiger partial charge >= 0.3 is 0 Å². The highest BCUT2D eigenvalue weighted by Gasteiger charge is 2.02. The summed E-state index contributed by atoms with van der Waals surface area (Å²) < 4.78 is 10.3. The van der Waals surface area contributed by atoms with Crippen molar-refractivity contribution in [1.29, 1.82) is 0 Å². The van der Waals surface area contributed by atoms with Crippen LogP contribution in [-0.4, -0.2) is 25.4 Å². The van der Waals surface area contributed by atoms with Gasteiger partial charge in [0, 0.05) is 0 Å². The zero-order valence-corrected chi connectivity index (χ0v) is 9.23. The van der Waals surface area contributed by atoms with Crippen molar-refractivity contribution < 1.29 is 14.6 Å². The minimum Gasteiger partial charge on any atom is -0.493 e. The van der Waals surface area contributed by atoms with Crippen LogP contribution in [0.4, 0.5) is 0 Å². The first-order valence-corrected chi connectivity index (χ1v) is 4.75. The Morgan fingerprint density at radius 3 is 2.40 bits per heavy atom. The molecule has 0 amide bonds. The summed E-state index contributed by atoms with van der Waals surface area (Å²) in [6, 6.07) is 5.60. The molecule has 1 aromatic rings. The van der Waals surface area contributed by atoms with E-state index >= 15 is 0 Å². The molecule has 0 aliphatic heterocycles. The highest BCUT2D eigenvalue weighted by atomic mass is 16.5. The number of aliphatic hydroxyl groups is 1. The summed E-state index contributed by atoms with van der Waals surface area (Å²) in [6.07, 6.45) is 3.10. The van der Waals surface area contributed by atoms with E-state index in [1.165, 1.54) is 0 Å². The van der Waals surface area contributed by atoms with Gasteiger partial charge < -0.3 is 14.6 Å². The standard InChI is InChI=1S/C12H16O3/c1-9(13)4-5-10-6-7-11(14-2)12(8-10)15-3/h4-9,13H,1-3H3/b5-4+/t9-/m0/s1. The summed E-state index contributed by atoms with van der Waals surface area (Å²) in [4.78, 5) is 0. The summed E-state index contributed by atoms with van der Waals surface area (Å²) in [5, 5.41) is 9.10. The van der Waals surface area contributed by atoms with Crippen molar-refractivity contribution in [1.82, 2.24) is 0 Å². The molecule has 3 heteroatoms. The van der Waals surface area contributed by atoms with Gasteiger partial charge in [-0.05, 0) is 24.6 Å². The Balaban J connectivity index is 2.93. The first kappa shape index (κ1) is 11.6. The Labute approximate surface area is 90.0 Å². The van der Waals surface area contributed by atoms with Crippen LogP contribution < -0.4 is 9.47 Å². The van der Waals surface area contributed by atoms with Gasteiger partial charge in [-0.3, -0.25) is 0 Å². The van der Waals surface area contributed by atoms with Crippen LogP contribution in [0.2, 0.25) is 0 Å². The lowest BCUT2D eigenvalue weighted by molar-refractivity contribution is 0.245. The average molecular weight is 208 g/mol. The fourth-order valence-electron chi connectivity index (χ4n) is 1.21. The van der Waals surface area contributed by atoms with E-state index in [0.29, 0.717) is 11.5 Å². The summed E-state index contributed by atoms with van der Waals surface area (Å²) in [6.45, 7) is 1.71. The minimum absolute atomic E-state index is 0.446. The molecule has 0 saturated heterocycles. The smallest absolute Gasteiger partial charge is 0.161 e. The number of aliphatic hydroxyl groups excluding tert-OH is 1. The largest absolute Gasteiger partial charge is 0.493 e. The maximum absolute atomic E-state index is 9.10. The maximum Gasteiger partial charge on any atom is 0.161 e. The Morgan fingerprint density at radius 1 is 1.20 bits per heavy atom. The summed E-state index contributed by atoms with van der Waals surface area (Å²) in [5.41, 5.74) is 0.966. The van der Waals surface area contributed by atoms with E-state index < -0.39 is 6.10 Å². The Morgan fingerprint density at radius 2 is 1.87 bits per heavy atom. The monoisotopic (exact) mass is 208 g/mol. The molecule has 0 bridgehead atoms. The molecule has 0 spiro atoms. The van der Waals surface area contributed by atoms with Gasteiger partial charge in [0.2, 0.25) is 0 Å². The van der Waals surface area contributed by atoms with Crippen molar-refractivity contribution in [3.05, 3.63) is 29.8 Å². The second-order valence-corrected chi connectivity index (χ2v) is 3.21. The van der Waals surface area contributed by atoms with Crippen LogP contribution in [0.1, 0.15) is 12.5 Å². The van der Waals surface area contributed by atoms with Gasteiger partial charge in [-0.25, -0.2) is 0 Å². The zero-order chi connectivity index (χ0) is 11.3. The quantitative estimate of drug-likeness (QED) is 0.823. The Bertz CT molecular complexity index is 343. The number of methoxy groups -OCH3 is 2. The third-order valence-electron chi connectivity index (χ3n) is 1.97. The molecule has 0 heterocycles. The molecule has 1 N–H and O–H groups in total. The fourth-order valence-corrected chi connectivity index (χ4v) is 1.21. The van der Waals surface area contributed by atoms with E-state index in [2.05, 4.69) is 0 Å². The van der Waals surface area contributed by atoms with Crippen molar-refractivity contribution >= 4 is 6.08 Å². The van der Waals surface area contributed by atoms with Crippen LogP contribution in [0, 0.1) is 0 Å². The van der Waals surface area contributed by atoms with Gasteiger partial charge in [-0.2, -0.15) is 0 Å². The van der Waals surface area contributed by atoms with Crippen molar-refractivity contribution in [3.63, 3.8) is 0 Å². The number of benzene rings is 1. The van der Waals surface area contributed by atoms with Gasteiger partial charge in [0.05, 0.1) is 20.3 Å². The molecular formula is C12H16O3. The molecule has 82 valence electrons. The Hall–Kier alpha value is -1.48. The van der Waals surface area contributed by atoms with Crippen LogP contribution in [0.5, 0.6) is 11.5 Å². The minimum atomic E-state index is -0.446. The van der Waals surface area contributed by atoms with Crippen LogP contribution in [-0.2, 0) is 0 Å².